The maximum Gasteiger partial charge on any atom is 0.271 e. The average molecular weight is 475 g/mol. The summed E-state index contributed by atoms with van der Waals surface area (Å²) in [5.74, 6) is 0.379. The molecule has 1 N–H and O–H groups in total. The number of nitro groups is 1. The number of hydrazone groups is 1. The number of benzene rings is 3. The summed E-state index contributed by atoms with van der Waals surface area (Å²) in [4.78, 5) is 25.0. The van der Waals surface area contributed by atoms with E-state index in [1.807, 2.05) is 24.3 Å². The summed E-state index contributed by atoms with van der Waals surface area (Å²) in [5.41, 5.74) is 5.92. The first-order valence-corrected chi connectivity index (χ1v) is 11.3. The first-order valence-electron chi connectivity index (χ1n) is 11.3. The van der Waals surface area contributed by atoms with Crippen molar-refractivity contribution in [1.29, 1.82) is 0 Å². The fourth-order valence-corrected chi connectivity index (χ4v) is 3.54. The van der Waals surface area contributed by atoms with Crippen LogP contribution in [0.5, 0.6) is 5.75 Å². The number of non-ortho nitro benzene ring substituents is 1. The van der Waals surface area contributed by atoms with Crippen LogP contribution in [0.1, 0.15) is 27.0 Å². The van der Waals surface area contributed by atoms with E-state index in [1.54, 1.807) is 42.6 Å². The van der Waals surface area contributed by atoms with E-state index < -0.39 is 4.92 Å². The Labute approximate surface area is 203 Å². The van der Waals surface area contributed by atoms with Gasteiger partial charge in [0.15, 0.2) is 0 Å². The maximum atomic E-state index is 12.4. The van der Waals surface area contributed by atoms with E-state index in [2.05, 4.69) is 15.4 Å². The van der Waals surface area contributed by atoms with Gasteiger partial charge in [-0.15, -0.1) is 0 Å². The lowest BCUT2D eigenvalue weighted by atomic mass is 10.1. The summed E-state index contributed by atoms with van der Waals surface area (Å²) < 4.78 is 11.1. The van der Waals surface area contributed by atoms with Gasteiger partial charge in [-0.05, 0) is 65.2 Å². The standard InChI is InChI=1S/C26H26N4O5/c31-26(23-7-1-21(2-8-23)18-29-13-15-34-16-14-29)28-27-17-20-5-11-25(12-6-20)35-19-22-3-9-24(10-4-22)30(32)33/h1-12,17H,13-16,18-19H2,(H,28,31)/b27-17+. The maximum absolute atomic E-state index is 12.4. The summed E-state index contributed by atoms with van der Waals surface area (Å²) in [6.07, 6.45) is 1.56. The minimum Gasteiger partial charge on any atom is -0.489 e. The molecule has 0 aromatic heterocycles. The number of hydrogen-bond donors (Lipinski definition) is 1. The van der Waals surface area contributed by atoms with Crippen LogP contribution in [0.2, 0.25) is 0 Å². The van der Waals surface area contributed by atoms with Crippen molar-refractivity contribution in [2.45, 2.75) is 13.2 Å². The molecule has 1 aliphatic rings. The molecule has 0 bridgehead atoms. The van der Waals surface area contributed by atoms with E-state index >= 15 is 0 Å². The first-order chi connectivity index (χ1) is 17.1. The van der Waals surface area contributed by atoms with Crippen molar-refractivity contribution in [3.8, 4) is 5.75 Å². The van der Waals surface area contributed by atoms with Gasteiger partial charge in [0.25, 0.3) is 11.6 Å². The third-order valence-electron chi connectivity index (χ3n) is 5.54. The van der Waals surface area contributed by atoms with E-state index in [-0.39, 0.29) is 11.6 Å². The van der Waals surface area contributed by atoms with Crippen LogP contribution in [-0.4, -0.2) is 48.2 Å². The number of nitro benzene ring substituents is 1. The SMILES string of the molecule is O=C(N/N=C/c1ccc(OCc2ccc([N+](=O)[O-])cc2)cc1)c1ccc(CN2CCOCC2)cc1. The Balaban J connectivity index is 1.22. The number of nitrogens with zero attached hydrogens (tertiary/aromatic N) is 3. The van der Waals surface area contributed by atoms with Crippen molar-refractivity contribution in [1.82, 2.24) is 10.3 Å². The molecule has 180 valence electrons. The van der Waals surface area contributed by atoms with E-state index in [0.717, 1.165) is 49.5 Å². The fraction of sp³-hybridized carbons (Fsp3) is 0.231. The van der Waals surface area contributed by atoms with Crippen LogP contribution in [0.15, 0.2) is 77.9 Å². The van der Waals surface area contributed by atoms with Crippen molar-refractivity contribution in [3.05, 3.63) is 105 Å². The Morgan fingerprint density at radius 2 is 1.66 bits per heavy atom. The fourth-order valence-electron chi connectivity index (χ4n) is 3.54. The highest BCUT2D eigenvalue weighted by atomic mass is 16.6. The topological polar surface area (TPSA) is 106 Å². The van der Waals surface area contributed by atoms with Crippen LogP contribution in [0.4, 0.5) is 5.69 Å². The smallest absolute Gasteiger partial charge is 0.271 e. The summed E-state index contributed by atoms with van der Waals surface area (Å²) >= 11 is 0. The van der Waals surface area contributed by atoms with Crippen molar-refractivity contribution >= 4 is 17.8 Å². The Morgan fingerprint density at radius 3 is 2.31 bits per heavy atom. The molecular weight excluding hydrogens is 448 g/mol. The Hall–Kier alpha value is -4.08. The van der Waals surface area contributed by atoms with Gasteiger partial charge in [0, 0.05) is 37.3 Å². The molecule has 0 atom stereocenters. The lowest BCUT2D eigenvalue weighted by molar-refractivity contribution is -0.384. The Bertz CT molecular complexity index is 1160. The second kappa shape index (κ2) is 11.9. The third-order valence-corrected chi connectivity index (χ3v) is 5.54. The number of morpholine rings is 1. The zero-order chi connectivity index (χ0) is 24.5. The van der Waals surface area contributed by atoms with Crippen molar-refractivity contribution in [2.75, 3.05) is 26.3 Å². The molecule has 0 radical (unpaired) electrons. The summed E-state index contributed by atoms with van der Waals surface area (Å²) in [6.45, 7) is 4.50. The van der Waals surface area contributed by atoms with E-state index in [0.29, 0.717) is 17.9 Å². The molecule has 1 amide bonds. The molecule has 35 heavy (non-hydrogen) atoms. The minimum atomic E-state index is -0.434. The third kappa shape index (κ3) is 7.20. The highest BCUT2D eigenvalue weighted by molar-refractivity contribution is 5.94. The molecule has 9 heteroatoms. The zero-order valence-corrected chi connectivity index (χ0v) is 19.1. The van der Waals surface area contributed by atoms with E-state index in [1.165, 1.54) is 12.1 Å². The number of ether oxygens (including phenoxy) is 2. The molecule has 0 aliphatic carbocycles. The highest BCUT2D eigenvalue weighted by Gasteiger charge is 2.11. The monoisotopic (exact) mass is 474 g/mol. The number of nitrogens with one attached hydrogen (secondary N) is 1. The quantitative estimate of drug-likeness (QED) is 0.287. The summed E-state index contributed by atoms with van der Waals surface area (Å²) in [7, 11) is 0. The number of carbonyl (C=O) groups excluding carboxylic acids is 1. The highest BCUT2D eigenvalue weighted by Crippen LogP contribution is 2.16. The number of amides is 1. The minimum absolute atomic E-state index is 0.0465. The van der Waals surface area contributed by atoms with Gasteiger partial charge in [0.2, 0.25) is 0 Å². The molecule has 3 aromatic rings. The van der Waals surface area contributed by atoms with E-state index in [9.17, 15) is 14.9 Å². The lowest BCUT2D eigenvalue weighted by Gasteiger charge is -2.26. The van der Waals surface area contributed by atoms with Crippen LogP contribution in [0.3, 0.4) is 0 Å². The molecular formula is C26H26N4O5. The molecule has 1 saturated heterocycles. The molecule has 1 fully saturated rings. The number of hydrogen-bond acceptors (Lipinski definition) is 7. The van der Waals surface area contributed by atoms with Crippen LogP contribution in [0, 0.1) is 10.1 Å². The van der Waals surface area contributed by atoms with Crippen molar-refractivity contribution in [3.63, 3.8) is 0 Å². The molecule has 1 aliphatic heterocycles. The van der Waals surface area contributed by atoms with Crippen LogP contribution >= 0.6 is 0 Å². The molecule has 3 aromatic carbocycles. The average Bonchev–Trinajstić information content (AvgIpc) is 2.89. The summed E-state index contributed by atoms with van der Waals surface area (Å²) in [5, 5.41) is 14.8. The van der Waals surface area contributed by atoms with Gasteiger partial charge in [-0.25, -0.2) is 5.43 Å². The second-order valence-electron chi connectivity index (χ2n) is 8.07. The largest absolute Gasteiger partial charge is 0.489 e. The van der Waals surface area contributed by atoms with Gasteiger partial charge in [0.05, 0.1) is 24.4 Å². The number of carbonyl (C=O) groups is 1. The van der Waals surface area contributed by atoms with Crippen molar-refractivity contribution in [2.24, 2.45) is 5.10 Å². The van der Waals surface area contributed by atoms with Crippen LogP contribution in [-0.2, 0) is 17.9 Å². The molecule has 4 rings (SSSR count). The Kier molecular flexibility index (Phi) is 8.16. The second-order valence-corrected chi connectivity index (χ2v) is 8.07. The zero-order valence-electron chi connectivity index (χ0n) is 19.1. The number of rotatable bonds is 9. The lowest BCUT2D eigenvalue weighted by Crippen LogP contribution is -2.35. The van der Waals surface area contributed by atoms with Crippen LogP contribution in [0.25, 0.3) is 0 Å². The van der Waals surface area contributed by atoms with Gasteiger partial charge in [-0.1, -0.05) is 12.1 Å². The molecule has 0 saturated carbocycles. The first kappa shape index (κ1) is 24.1. The van der Waals surface area contributed by atoms with Gasteiger partial charge in [0.1, 0.15) is 12.4 Å². The van der Waals surface area contributed by atoms with Crippen LogP contribution < -0.4 is 10.2 Å². The van der Waals surface area contributed by atoms with Crippen molar-refractivity contribution < 1.29 is 19.2 Å². The molecule has 1 heterocycles. The molecule has 0 unspecified atom stereocenters. The molecule has 0 spiro atoms. The molecule has 9 nitrogen and oxygen atoms in total. The normalized spacial score (nSPS) is 14.1. The Morgan fingerprint density at radius 1 is 1.00 bits per heavy atom. The predicted octanol–water partition coefficient (Wildman–Crippen LogP) is 3.77. The summed E-state index contributed by atoms with van der Waals surface area (Å²) in [6, 6.07) is 21.0. The van der Waals surface area contributed by atoms with Gasteiger partial charge in [-0.3, -0.25) is 19.8 Å². The predicted molar refractivity (Wildman–Crippen MR) is 131 cm³/mol. The van der Waals surface area contributed by atoms with Gasteiger partial charge >= 0.3 is 0 Å². The van der Waals surface area contributed by atoms with Gasteiger partial charge < -0.3 is 9.47 Å². The van der Waals surface area contributed by atoms with E-state index in [4.69, 9.17) is 9.47 Å². The van der Waals surface area contributed by atoms with Gasteiger partial charge in [-0.2, -0.15) is 5.10 Å².